The summed E-state index contributed by atoms with van der Waals surface area (Å²) >= 11 is 0. The molecule has 0 unspecified atom stereocenters. The maximum atomic E-state index is 13.0. The van der Waals surface area contributed by atoms with Gasteiger partial charge in [-0.25, -0.2) is 4.79 Å². The molecule has 2 aliphatic rings. The van der Waals surface area contributed by atoms with E-state index in [0.29, 0.717) is 41.8 Å². The van der Waals surface area contributed by atoms with E-state index in [4.69, 9.17) is 4.74 Å². The van der Waals surface area contributed by atoms with Crippen molar-refractivity contribution in [3.63, 3.8) is 0 Å². The van der Waals surface area contributed by atoms with Gasteiger partial charge >= 0.3 is 5.97 Å². The summed E-state index contributed by atoms with van der Waals surface area (Å²) in [6.07, 6.45) is 3.57. The van der Waals surface area contributed by atoms with E-state index >= 15 is 0 Å². The van der Waals surface area contributed by atoms with Gasteiger partial charge in [-0.2, -0.15) is 0 Å². The van der Waals surface area contributed by atoms with Gasteiger partial charge in [0.2, 0.25) is 5.91 Å². The van der Waals surface area contributed by atoms with Gasteiger partial charge in [-0.1, -0.05) is 17.4 Å². The van der Waals surface area contributed by atoms with Crippen LogP contribution in [-0.2, 0) is 27.8 Å². The van der Waals surface area contributed by atoms with Gasteiger partial charge in [0.05, 0.1) is 12.2 Å². The third-order valence-corrected chi connectivity index (χ3v) is 5.81. The van der Waals surface area contributed by atoms with Crippen LogP contribution in [0.3, 0.4) is 0 Å². The Kier molecular flexibility index (Phi) is 6.42. The first kappa shape index (κ1) is 22.8. The summed E-state index contributed by atoms with van der Waals surface area (Å²) in [7, 11) is 1.65. The highest BCUT2D eigenvalue weighted by Crippen LogP contribution is 2.34. The number of hydrogen-bond donors (Lipinski definition) is 1. The second-order valence-electron chi connectivity index (χ2n) is 9.00. The minimum Gasteiger partial charge on any atom is -0.462 e. The summed E-state index contributed by atoms with van der Waals surface area (Å²) in [6, 6.07) is 0. The van der Waals surface area contributed by atoms with Crippen LogP contribution < -0.4 is 5.56 Å². The molecule has 1 aliphatic heterocycles. The fourth-order valence-corrected chi connectivity index (χ4v) is 4.09. The first-order valence-electron chi connectivity index (χ1n) is 10.6. The molecule has 1 fully saturated rings. The van der Waals surface area contributed by atoms with Gasteiger partial charge in [-0.05, 0) is 39.5 Å². The maximum absolute atomic E-state index is 13.0. The van der Waals surface area contributed by atoms with Crippen LogP contribution in [0.5, 0.6) is 0 Å². The number of aliphatic hydroxyl groups is 1. The van der Waals surface area contributed by atoms with Crippen molar-refractivity contribution in [2.45, 2.75) is 52.6 Å². The number of aryl methyl sites for hydroxylation is 1. The SMILES string of the molecule is CC(=O)N1CCC(COC(=O)C2=C(C)Cc3c2c(C#CC(C)(C)O)cn(C)c3=O)CC1. The van der Waals surface area contributed by atoms with Crippen LogP contribution >= 0.6 is 0 Å². The van der Waals surface area contributed by atoms with E-state index in [-0.39, 0.29) is 24.0 Å². The number of hydrogen-bond acceptors (Lipinski definition) is 5. The molecule has 2 heterocycles. The summed E-state index contributed by atoms with van der Waals surface area (Å²) in [6.45, 7) is 8.19. The minimum atomic E-state index is -1.20. The van der Waals surface area contributed by atoms with E-state index in [9.17, 15) is 19.5 Å². The van der Waals surface area contributed by atoms with Crippen LogP contribution in [0.25, 0.3) is 5.57 Å². The molecule has 0 saturated carbocycles. The zero-order valence-electron chi connectivity index (χ0n) is 18.9. The second kappa shape index (κ2) is 8.72. The monoisotopic (exact) mass is 426 g/mol. The number of pyridine rings is 1. The molecular weight excluding hydrogens is 396 g/mol. The lowest BCUT2D eigenvalue weighted by molar-refractivity contribution is -0.139. The molecule has 1 aromatic rings. The second-order valence-corrected chi connectivity index (χ2v) is 9.00. The average molecular weight is 427 g/mol. The lowest BCUT2D eigenvalue weighted by Crippen LogP contribution is -2.38. The van der Waals surface area contributed by atoms with Gasteiger partial charge in [-0.15, -0.1) is 0 Å². The van der Waals surface area contributed by atoms with Gasteiger partial charge in [0.15, 0.2) is 0 Å². The van der Waals surface area contributed by atoms with E-state index in [1.165, 1.54) is 4.57 Å². The third-order valence-electron chi connectivity index (χ3n) is 5.81. The molecule has 1 N–H and O–H groups in total. The highest BCUT2D eigenvalue weighted by molar-refractivity contribution is 6.19. The molecule has 7 heteroatoms. The Morgan fingerprint density at radius 1 is 1.29 bits per heavy atom. The first-order valence-corrected chi connectivity index (χ1v) is 10.6. The Balaban J connectivity index is 1.82. The molecule has 0 bridgehead atoms. The third kappa shape index (κ3) is 5.08. The summed E-state index contributed by atoms with van der Waals surface area (Å²) in [5.74, 6) is 5.53. The summed E-state index contributed by atoms with van der Waals surface area (Å²) < 4.78 is 7.11. The number of ether oxygens (including phenoxy) is 1. The van der Waals surface area contributed by atoms with Crippen molar-refractivity contribution in [3.05, 3.63) is 38.8 Å². The van der Waals surface area contributed by atoms with Gasteiger partial charge in [0, 0.05) is 56.4 Å². The number of piperidine rings is 1. The minimum absolute atomic E-state index is 0.0695. The summed E-state index contributed by atoms with van der Waals surface area (Å²) in [4.78, 5) is 39.0. The Morgan fingerprint density at radius 2 is 1.94 bits per heavy atom. The van der Waals surface area contributed by atoms with Crippen molar-refractivity contribution < 1.29 is 19.4 Å². The average Bonchev–Trinajstić information content (AvgIpc) is 3.05. The lowest BCUT2D eigenvalue weighted by atomic mass is 9.97. The van der Waals surface area contributed by atoms with E-state index in [1.807, 2.05) is 11.8 Å². The molecule has 1 aliphatic carbocycles. The van der Waals surface area contributed by atoms with Crippen molar-refractivity contribution in [2.24, 2.45) is 13.0 Å². The molecule has 0 aromatic carbocycles. The van der Waals surface area contributed by atoms with Crippen molar-refractivity contribution in [3.8, 4) is 11.8 Å². The molecule has 3 rings (SSSR count). The summed E-state index contributed by atoms with van der Waals surface area (Å²) in [5, 5.41) is 9.99. The molecular formula is C24H30N2O5. The quantitative estimate of drug-likeness (QED) is 0.586. The largest absolute Gasteiger partial charge is 0.462 e. The highest BCUT2D eigenvalue weighted by Gasteiger charge is 2.31. The maximum Gasteiger partial charge on any atom is 0.338 e. The number of aromatic nitrogens is 1. The number of allylic oxidation sites excluding steroid dienone is 1. The number of esters is 1. The van der Waals surface area contributed by atoms with Crippen molar-refractivity contribution >= 4 is 17.4 Å². The van der Waals surface area contributed by atoms with Crippen LogP contribution in [0.4, 0.5) is 0 Å². The Bertz CT molecular complexity index is 1050. The highest BCUT2D eigenvalue weighted by atomic mass is 16.5. The molecule has 1 amide bonds. The van der Waals surface area contributed by atoms with E-state index in [1.54, 1.807) is 34.0 Å². The van der Waals surface area contributed by atoms with Crippen molar-refractivity contribution in [1.82, 2.24) is 9.47 Å². The Hall–Kier alpha value is -2.85. The van der Waals surface area contributed by atoms with E-state index < -0.39 is 11.6 Å². The van der Waals surface area contributed by atoms with Crippen LogP contribution in [0, 0.1) is 17.8 Å². The topological polar surface area (TPSA) is 88.8 Å². The number of carbonyl (C=O) groups is 2. The standard InChI is InChI=1S/C24H30N2O5/c1-15-12-19-21(18(6-9-24(3,4)30)13-25(5)22(19)28)20(15)23(29)31-14-17-7-10-26(11-8-17)16(2)27/h13,17,30H,7-8,10-12,14H2,1-5H3. The predicted octanol–water partition coefficient (Wildman–Crippen LogP) is 1.64. The zero-order chi connectivity index (χ0) is 22.9. The molecule has 0 spiro atoms. The number of amides is 1. The Morgan fingerprint density at radius 3 is 2.52 bits per heavy atom. The van der Waals surface area contributed by atoms with Gasteiger partial charge in [0.25, 0.3) is 5.56 Å². The van der Waals surface area contributed by atoms with Crippen LogP contribution in [0.1, 0.15) is 57.2 Å². The molecule has 0 atom stereocenters. The van der Waals surface area contributed by atoms with E-state index in [2.05, 4.69) is 11.8 Å². The first-order chi connectivity index (χ1) is 14.5. The molecule has 31 heavy (non-hydrogen) atoms. The van der Waals surface area contributed by atoms with Gasteiger partial charge < -0.3 is 19.3 Å². The smallest absolute Gasteiger partial charge is 0.338 e. The number of fused-ring (bicyclic) bond motifs is 1. The van der Waals surface area contributed by atoms with Gasteiger partial charge in [0.1, 0.15) is 5.60 Å². The number of nitrogens with zero attached hydrogens (tertiary/aromatic N) is 2. The predicted molar refractivity (Wildman–Crippen MR) is 117 cm³/mol. The zero-order valence-corrected chi connectivity index (χ0v) is 18.9. The Labute approximate surface area is 182 Å². The van der Waals surface area contributed by atoms with Crippen LogP contribution in [0.2, 0.25) is 0 Å². The van der Waals surface area contributed by atoms with Crippen molar-refractivity contribution in [2.75, 3.05) is 19.7 Å². The summed E-state index contributed by atoms with van der Waals surface area (Å²) in [5.41, 5.74) is 1.39. The number of carbonyl (C=O) groups excluding carboxylic acids is 2. The van der Waals surface area contributed by atoms with Crippen LogP contribution in [-0.4, -0.2) is 51.7 Å². The molecule has 7 nitrogen and oxygen atoms in total. The fourth-order valence-electron chi connectivity index (χ4n) is 4.09. The number of rotatable bonds is 3. The number of likely N-dealkylation sites (tertiary alicyclic amines) is 1. The molecule has 166 valence electrons. The van der Waals surface area contributed by atoms with Gasteiger partial charge in [-0.3, -0.25) is 9.59 Å². The van der Waals surface area contributed by atoms with E-state index in [0.717, 1.165) is 18.4 Å². The van der Waals surface area contributed by atoms with Crippen molar-refractivity contribution in [1.29, 1.82) is 0 Å². The fraction of sp³-hybridized carbons (Fsp3) is 0.542. The lowest BCUT2D eigenvalue weighted by Gasteiger charge is -2.30. The molecule has 0 radical (unpaired) electrons. The van der Waals surface area contributed by atoms with Crippen LogP contribution in [0.15, 0.2) is 16.6 Å². The molecule has 1 aromatic heterocycles. The normalized spacial score (nSPS) is 16.6. The molecule has 1 saturated heterocycles.